The SMILES string of the molecule is CCOC(=O)C1=C(N)Oc2c(c(=O)oc3ccccc23)[C@H]1c1cccc(I)c1. The molecule has 1 aliphatic heterocycles. The molecule has 3 aromatic rings. The lowest BCUT2D eigenvalue weighted by atomic mass is 9.83. The second kappa shape index (κ2) is 7.31. The Balaban J connectivity index is 2.05. The van der Waals surface area contributed by atoms with E-state index in [1.165, 1.54) is 0 Å². The maximum atomic E-state index is 12.9. The molecule has 0 unspecified atom stereocenters. The van der Waals surface area contributed by atoms with Gasteiger partial charge in [-0.25, -0.2) is 9.59 Å². The fourth-order valence-corrected chi connectivity index (χ4v) is 3.96. The summed E-state index contributed by atoms with van der Waals surface area (Å²) in [5, 5.41) is 0.610. The Morgan fingerprint density at radius 3 is 2.75 bits per heavy atom. The van der Waals surface area contributed by atoms with Crippen molar-refractivity contribution in [3.8, 4) is 5.75 Å². The van der Waals surface area contributed by atoms with Crippen molar-refractivity contribution >= 4 is 39.5 Å². The zero-order valence-corrected chi connectivity index (χ0v) is 17.1. The minimum atomic E-state index is -0.752. The van der Waals surface area contributed by atoms with Crippen molar-refractivity contribution in [2.75, 3.05) is 6.61 Å². The van der Waals surface area contributed by atoms with Gasteiger partial charge in [-0.1, -0.05) is 24.3 Å². The number of esters is 1. The van der Waals surface area contributed by atoms with Gasteiger partial charge < -0.3 is 19.6 Å². The van der Waals surface area contributed by atoms with Crippen molar-refractivity contribution in [2.45, 2.75) is 12.8 Å². The fourth-order valence-electron chi connectivity index (χ4n) is 3.39. The maximum absolute atomic E-state index is 12.9. The molecule has 4 rings (SSSR count). The summed E-state index contributed by atoms with van der Waals surface area (Å²) >= 11 is 2.17. The average Bonchev–Trinajstić information content (AvgIpc) is 2.67. The number of halogens is 1. The van der Waals surface area contributed by atoms with Crippen molar-refractivity contribution in [2.24, 2.45) is 5.73 Å². The van der Waals surface area contributed by atoms with Crippen LogP contribution in [0.4, 0.5) is 0 Å². The van der Waals surface area contributed by atoms with Gasteiger partial charge in [0.15, 0.2) is 5.75 Å². The molecule has 0 aliphatic carbocycles. The molecular formula is C21H16INO5. The van der Waals surface area contributed by atoms with E-state index in [0.29, 0.717) is 16.7 Å². The number of carbonyl (C=O) groups excluding carboxylic acids is 1. The van der Waals surface area contributed by atoms with Crippen LogP contribution < -0.4 is 16.1 Å². The van der Waals surface area contributed by atoms with E-state index < -0.39 is 17.5 Å². The van der Waals surface area contributed by atoms with E-state index in [1.807, 2.05) is 30.3 Å². The van der Waals surface area contributed by atoms with Gasteiger partial charge in [0.25, 0.3) is 0 Å². The number of nitrogens with two attached hydrogens (primary N) is 1. The molecule has 2 aromatic carbocycles. The molecule has 142 valence electrons. The zero-order valence-electron chi connectivity index (χ0n) is 14.9. The molecule has 0 amide bonds. The van der Waals surface area contributed by atoms with E-state index in [-0.39, 0.29) is 23.6 Å². The zero-order chi connectivity index (χ0) is 19.8. The predicted molar refractivity (Wildman–Crippen MR) is 112 cm³/mol. The number of carbonyl (C=O) groups is 1. The number of rotatable bonds is 3. The highest BCUT2D eigenvalue weighted by molar-refractivity contribution is 14.1. The van der Waals surface area contributed by atoms with Crippen molar-refractivity contribution in [1.29, 1.82) is 0 Å². The van der Waals surface area contributed by atoms with Crippen molar-refractivity contribution < 1.29 is 18.7 Å². The summed E-state index contributed by atoms with van der Waals surface area (Å²) < 4.78 is 17.4. The third kappa shape index (κ3) is 3.05. The van der Waals surface area contributed by atoms with E-state index in [0.717, 1.165) is 9.13 Å². The lowest BCUT2D eigenvalue weighted by Crippen LogP contribution is -2.31. The van der Waals surface area contributed by atoms with Crippen LogP contribution in [0.5, 0.6) is 5.75 Å². The van der Waals surface area contributed by atoms with Gasteiger partial charge in [0.05, 0.1) is 23.5 Å². The summed E-state index contributed by atoms with van der Waals surface area (Å²) in [4.78, 5) is 25.6. The summed E-state index contributed by atoms with van der Waals surface area (Å²) in [6.45, 7) is 1.88. The largest absolute Gasteiger partial charge is 0.462 e. The molecule has 1 aliphatic rings. The molecule has 1 atom stereocenters. The van der Waals surface area contributed by atoms with Gasteiger partial charge >= 0.3 is 11.6 Å². The second-order valence-electron chi connectivity index (χ2n) is 6.22. The minimum Gasteiger partial charge on any atom is -0.462 e. The molecule has 0 saturated heterocycles. The number of para-hydroxylation sites is 1. The Bertz CT molecular complexity index is 1180. The lowest BCUT2D eigenvalue weighted by molar-refractivity contribution is -0.139. The topological polar surface area (TPSA) is 91.8 Å². The lowest BCUT2D eigenvalue weighted by Gasteiger charge is -2.28. The molecule has 1 aromatic heterocycles. The highest BCUT2D eigenvalue weighted by Gasteiger charge is 2.39. The quantitative estimate of drug-likeness (QED) is 0.343. The molecule has 0 bridgehead atoms. The summed E-state index contributed by atoms with van der Waals surface area (Å²) in [5.74, 6) is -1.15. The summed E-state index contributed by atoms with van der Waals surface area (Å²) in [6.07, 6.45) is 0. The number of hydrogen-bond acceptors (Lipinski definition) is 6. The summed E-state index contributed by atoms with van der Waals surface area (Å²) in [6, 6.07) is 14.5. The number of benzene rings is 2. The van der Waals surface area contributed by atoms with Gasteiger partial charge in [-0.05, 0) is 59.3 Å². The Morgan fingerprint density at radius 1 is 1.21 bits per heavy atom. The van der Waals surface area contributed by atoms with Crippen LogP contribution in [0.15, 0.2) is 69.2 Å². The molecule has 6 nitrogen and oxygen atoms in total. The van der Waals surface area contributed by atoms with Crippen LogP contribution in [0.25, 0.3) is 11.0 Å². The van der Waals surface area contributed by atoms with Crippen LogP contribution in [0.3, 0.4) is 0 Å². The first-order valence-electron chi connectivity index (χ1n) is 8.67. The van der Waals surface area contributed by atoms with Crippen LogP contribution >= 0.6 is 22.6 Å². The van der Waals surface area contributed by atoms with Crippen molar-refractivity contribution in [3.05, 3.63) is 85.1 Å². The van der Waals surface area contributed by atoms with Gasteiger partial charge in [0.1, 0.15) is 11.2 Å². The van der Waals surface area contributed by atoms with Crippen LogP contribution in [-0.4, -0.2) is 12.6 Å². The predicted octanol–water partition coefficient (Wildman–Crippen LogP) is 3.66. The van der Waals surface area contributed by atoms with Crippen LogP contribution in [0, 0.1) is 3.57 Å². The molecule has 0 saturated carbocycles. The van der Waals surface area contributed by atoms with E-state index in [9.17, 15) is 9.59 Å². The Labute approximate surface area is 174 Å². The molecule has 0 spiro atoms. The highest BCUT2D eigenvalue weighted by Crippen LogP contribution is 2.44. The normalized spacial score (nSPS) is 15.9. The third-order valence-electron chi connectivity index (χ3n) is 4.53. The smallest absolute Gasteiger partial charge is 0.344 e. The van der Waals surface area contributed by atoms with Gasteiger partial charge in [-0.15, -0.1) is 0 Å². The van der Waals surface area contributed by atoms with E-state index >= 15 is 0 Å². The Kier molecular flexibility index (Phi) is 4.84. The fraction of sp³-hybridized carbons (Fsp3) is 0.143. The molecule has 28 heavy (non-hydrogen) atoms. The van der Waals surface area contributed by atoms with Gasteiger partial charge in [0, 0.05) is 3.57 Å². The van der Waals surface area contributed by atoms with Gasteiger partial charge in [-0.2, -0.15) is 0 Å². The van der Waals surface area contributed by atoms with Crippen LogP contribution in [0.1, 0.15) is 24.0 Å². The third-order valence-corrected chi connectivity index (χ3v) is 5.20. The molecule has 2 heterocycles. The van der Waals surface area contributed by atoms with E-state index in [2.05, 4.69) is 22.6 Å². The number of ether oxygens (including phenoxy) is 2. The van der Waals surface area contributed by atoms with Crippen molar-refractivity contribution in [1.82, 2.24) is 0 Å². The first kappa shape index (κ1) is 18.5. The molecule has 7 heteroatoms. The number of hydrogen-bond donors (Lipinski definition) is 1. The van der Waals surface area contributed by atoms with E-state index in [1.54, 1.807) is 25.1 Å². The minimum absolute atomic E-state index is 0.0782. The summed E-state index contributed by atoms with van der Waals surface area (Å²) in [5.41, 5.74) is 7.02. The highest BCUT2D eigenvalue weighted by atomic mass is 127. The van der Waals surface area contributed by atoms with E-state index in [4.69, 9.17) is 19.6 Å². The number of fused-ring (bicyclic) bond motifs is 3. The van der Waals surface area contributed by atoms with Gasteiger partial charge in [-0.3, -0.25) is 0 Å². The molecule has 0 radical (unpaired) electrons. The van der Waals surface area contributed by atoms with Crippen LogP contribution in [0.2, 0.25) is 0 Å². The Hall–Kier alpha value is -2.81. The first-order valence-corrected chi connectivity index (χ1v) is 9.75. The van der Waals surface area contributed by atoms with Gasteiger partial charge in [0.2, 0.25) is 5.88 Å². The molecule has 0 fully saturated rings. The molecule has 2 N–H and O–H groups in total. The van der Waals surface area contributed by atoms with Crippen LogP contribution in [-0.2, 0) is 9.53 Å². The summed E-state index contributed by atoms with van der Waals surface area (Å²) in [7, 11) is 0. The molecular weight excluding hydrogens is 473 g/mol. The monoisotopic (exact) mass is 489 g/mol. The standard InChI is InChI=1S/C21H16INO5/c1-2-26-20(24)17-15(11-6-5-7-12(22)10-11)16-18(28-19(17)23)13-8-3-4-9-14(13)27-21(16)25/h3-10,15H,2,23H2,1H3/t15-/m1/s1. The second-order valence-corrected chi connectivity index (χ2v) is 7.46. The maximum Gasteiger partial charge on any atom is 0.344 e. The van der Waals surface area contributed by atoms with Crippen molar-refractivity contribution in [3.63, 3.8) is 0 Å². The first-order chi connectivity index (χ1) is 13.5. The Morgan fingerprint density at radius 2 is 2.00 bits per heavy atom. The average molecular weight is 489 g/mol.